The topological polar surface area (TPSA) is 25.2 Å². The molecule has 0 saturated heterocycles. The summed E-state index contributed by atoms with van der Waals surface area (Å²) in [5.74, 6) is 1.71. The van der Waals surface area contributed by atoms with Crippen LogP contribution >= 0.6 is 11.6 Å². The Morgan fingerprint density at radius 3 is 2.58 bits per heavy atom. The van der Waals surface area contributed by atoms with Crippen molar-refractivity contribution in [3.8, 4) is 11.3 Å². The number of fused-ring (bicyclic) bond motifs is 1. The summed E-state index contributed by atoms with van der Waals surface area (Å²) < 4.78 is 5.94. The normalized spacial score (nSPS) is 10.9. The van der Waals surface area contributed by atoms with E-state index in [1.54, 1.807) is 0 Å². The maximum atomic E-state index is 6.04. The fourth-order valence-electron chi connectivity index (χ4n) is 2.83. The van der Waals surface area contributed by atoms with E-state index in [1.165, 1.54) is 10.8 Å². The molecular formula is C21H16ClNO. The lowest BCUT2D eigenvalue weighted by atomic mass is 10.1. The minimum atomic E-state index is 0.634. The molecule has 118 valence electrons. The fraction of sp³-hybridized carbons (Fsp3) is 0.0476. The number of anilines is 1. The van der Waals surface area contributed by atoms with E-state index in [4.69, 9.17) is 16.0 Å². The van der Waals surface area contributed by atoms with Crippen LogP contribution in [0.15, 0.2) is 83.3 Å². The molecule has 3 heteroatoms. The van der Waals surface area contributed by atoms with Crippen LogP contribution in [0.25, 0.3) is 22.1 Å². The van der Waals surface area contributed by atoms with Gasteiger partial charge in [0.2, 0.25) is 0 Å². The van der Waals surface area contributed by atoms with Gasteiger partial charge in [0.25, 0.3) is 0 Å². The zero-order valence-corrected chi connectivity index (χ0v) is 13.8. The van der Waals surface area contributed by atoms with E-state index in [-0.39, 0.29) is 0 Å². The van der Waals surface area contributed by atoms with Crippen LogP contribution < -0.4 is 5.32 Å². The number of furan rings is 1. The predicted molar refractivity (Wildman–Crippen MR) is 100 cm³/mol. The van der Waals surface area contributed by atoms with E-state index in [0.717, 1.165) is 22.8 Å². The minimum absolute atomic E-state index is 0.634. The van der Waals surface area contributed by atoms with Crippen LogP contribution in [-0.2, 0) is 6.54 Å². The predicted octanol–water partition coefficient (Wildman–Crippen LogP) is 6.37. The number of rotatable bonds is 4. The molecule has 0 aliphatic heterocycles. The summed E-state index contributed by atoms with van der Waals surface area (Å²) in [6.07, 6.45) is 0. The van der Waals surface area contributed by atoms with Crippen molar-refractivity contribution in [1.29, 1.82) is 0 Å². The van der Waals surface area contributed by atoms with Crippen LogP contribution in [0.1, 0.15) is 5.76 Å². The second kappa shape index (κ2) is 6.42. The molecule has 24 heavy (non-hydrogen) atoms. The highest BCUT2D eigenvalue weighted by molar-refractivity contribution is 6.30. The quantitative estimate of drug-likeness (QED) is 0.469. The molecule has 4 aromatic rings. The molecular weight excluding hydrogens is 318 g/mol. The van der Waals surface area contributed by atoms with Crippen molar-refractivity contribution in [2.75, 3.05) is 5.32 Å². The van der Waals surface area contributed by atoms with Gasteiger partial charge in [-0.2, -0.15) is 0 Å². The largest absolute Gasteiger partial charge is 0.459 e. The van der Waals surface area contributed by atoms with Crippen LogP contribution in [0.4, 0.5) is 5.69 Å². The molecule has 0 fully saturated rings. The highest BCUT2D eigenvalue weighted by atomic mass is 35.5. The molecule has 0 atom stereocenters. The standard InChI is InChI=1S/C21H16ClNO/c22-17-8-3-7-16(13-17)21-12-11-18(24-21)14-23-20-10-4-6-15-5-1-2-9-19(15)20/h1-13,23H,14H2. The van der Waals surface area contributed by atoms with Gasteiger partial charge in [-0.25, -0.2) is 0 Å². The smallest absolute Gasteiger partial charge is 0.134 e. The first kappa shape index (κ1) is 14.9. The highest BCUT2D eigenvalue weighted by Crippen LogP contribution is 2.26. The Hall–Kier alpha value is -2.71. The van der Waals surface area contributed by atoms with Gasteiger partial charge >= 0.3 is 0 Å². The Balaban J connectivity index is 1.54. The number of hydrogen-bond acceptors (Lipinski definition) is 2. The van der Waals surface area contributed by atoms with E-state index in [2.05, 4.69) is 47.8 Å². The molecule has 0 unspecified atom stereocenters. The molecule has 0 amide bonds. The second-order valence-corrected chi connectivity index (χ2v) is 6.09. The van der Waals surface area contributed by atoms with Crippen LogP contribution in [0.2, 0.25) is 5.02 Å². The molecule has 0 saturated carbocycles. The number of benzene rings is 3. The maximum Gasteiger partial charge on any atom is 0.134 e. The average Bonchev–Trinajstić information content (AvgIpc) is 3.09. The molecule has 2 nitrogen and oxygen atoms in total. The van der Waals surface area contributed by atoms with E-state index >= 15 is 0 Å². The third-order valence-corrected chi connectivity index (χ3v) is 4.25. The van der Waals surface area contributed by atoms with Crippen molar-refractivity contribution in [2.24, 2.45) is 0 Å². The van der Waals surface area contributed by atoms with Crippen LogP contribution in [0.3, 0.4) is 0 Å². The summed E-state index contributed by atoms with van der Waals surface area (Å²) >= 11 is 6.04. The molecule has 1 N–H and O–H groups in total. The molecule has 0 bridgehead atoms. The summed E-state index contributed by atoms with van der Waals surface area (Å²) in [5, 5.41) is 6.60. The molecule has 0 aliphatic carbocycles. The molecule has 1 heterocycles. The van der Waals surface area contributed by atoms with Gasteiger partial charge in [0.15, 0.2) is 0 Å². The van der Waals surface area contributed by atoms with Crippen molar-refractivity contribution in [3.05, 3.63) is 89.6 Å². The molecule has 4 rings (SSSR count). The Morgan fingerprint density at radius 2 is 1.67 bits per heavy atom. The van der Waals surface area contributed by atoms with Crippen molar-refractivity contribution in [3.63, 3.8) is 0 Å². The van der Waals surface area contributed by atoms with Gasteiger partial charge in [0.1, 0.15) is 11.5 Å². The summed E-state index contributed by atoms with van der Waals surface area (Å²) in [6.45, 7) is 0.634. The van der Waals surface area contributed by atoms with E-state index in [1.807, 2.05) is 36.4 Å². The van der Waals surface area contributed by atoms with Crippen molar-refractivity contribution < 1.29 is 4.42 Å². The van der Waals surface area contributed by atoms with Gasteiger partial charge < -0.3 is 9.73 Å². The zero-order valence-electron chi connectivity index (χ0n) is 13.0. The molecule has 3 aromatic carbocycles. The average molecular weight is 334 g/mol. The maximum absolute atomic E-state index is 6.04. The lowest BCUT2D eigenvalue weighted by Crippen LogP contribution is -1.98. The van der Waals surface area contributed by atoms with Crippen molar-refractivity contribution in [1.82, 2.24) is 0 Å². The van der Waals surface area contributed by atoms with Crippen LogP contribution in [-0.4, -0.2) is 0 Å². The minimum Gasteiger partial charge on any atom is -0.459 e. The Labute approximate surface area is 145 Å². The van der Waals surface area contributed by atoms with Crippen molar-refractivity contribution >= 4 is 28.1 Å². The fourth-order valence-corrected chi connectivity index (χ4v) is 3.02. The lowest BCUT2D eigenvalue weighted by Gasteiger charge is -2.08. The highest BCUT2D eigenvalue weighted by Gasteiger charge is 2.06. The first-order valence-electron chi connectivity index (χ1n) is 7.86. The number of nitrogens with one attached hydrogen (secondary N) is 1. The first-order chi connectivity index (χ1) is 11.8. The third-order valence-electron chi connectivity index (χ3n) is 4.01. The molecule has 0 aliphatic rings. The second-order valence-electron chi connectivity index (χ2n) is 5.66. The number of halogens is 1. The van der Waals surface area contributed by atoms with Gasteiger partial charge in [-0.3, -0.25) is 0 Å². The van der Waals surface area contributed by atoms with Crippen molar-refractivity contribution in [2.45, 2.75) is 6.54 Å². The SMILES string of the molecule is Clc1cccc(-c2ccc(CNc3cccc4ccccc34)o2)c1. The lowest BCUT2D eigenvalue weighted by molar-refractivity contribution is 0.531. The van der Waals surface area contributed by atoms with E-state index < -0.39 is 0 Å². The zero-order chi connectivity index (χ0) is 16.4. The molecule has 0 spiro atoms. The molecule has 0 radical (unpaired) electrons. The first-order valence-corrected chi connectivity index (χ1v) is 8.24. The Morgan fingerprint density at radius 1 is 0.833 bits per heavy atom. The molecule has 1 aromatic heterocycles. The summed E-state index contributed by atoms with van der Waals surface area (Å²) in [5.41, 5.74) is 2.09. The van der Waals surface area contributed by atoms with Crippen LogP contribution in [0.5, 0.6) is 0 Å². The number of hydrogen-bond donors (Lipinski definition) is 1. The van der Waals surface area contributed by atoms with Gasteiger partial charge in [-0.1, -0.05) is 60.1 Å². The monoisotopic (exact) mass is 333 g/mol. The van der Waals surface area contributed by atoms with Crippen LogP contribution in [0, 0.1) is 0 Å². The van der Waals surface area contributed by atoms with E-state index in [9.17, 15) is 0 Å². The Bertz CT molecular complexity index is 984. The Kier molecular flexibility index (Phi) is 3.97. The summed E-state index contributed by atoms with van der Waals surface area (Å²) in [4.78, 5) is 0. The van der Waals surface area contributed by atoms with Gasteiger partial charge in [0.05, 0.1) is 6.54 Å². The summed E-state index contributed by atoms with van der Waals surface area (Å²) in [7, 11) is 0. The summed E-state index contributed by atoms with van der Waals surface area (Å²) in [6, 6.07) is 26.3. The van der Waals surface area contributed by atoms with E-state index in [0.29, 0.717) is 11.6 Å². The van der Waals surface area contributed by atoms with Gasteiger partial charge in [-0.05, 0) is 35.7 Å². The third kappa shape index (κ3) is 3.01. The van der Waals surface area contributed by atoms with Gasteiger partial charge in [0, 0.05) is 21.7 Å². The van der Waals surface area contributed by atoms with Gasteiger partial charge in [-0.15, -0.1) is 0 Å².